The molecule has 0 aliphatic carbocycles. The third-order valence-corrected chi connectivity index (χ3v) is 5.19. The molecule has 0 rings (SSSR count). The lowest BCUT2D eigenvalue weighted by Gasteiger charge is -2.36. The van der Waals surface area contributed by atoms with Gasteiger partial charge in [-0.15, -0.1) is 0 Å². The van der Waals surface area contributed by atoms with Crippen molar-refractivity contribution in [3.63, 3.8) is 0 Å². The summed E-state index contributed by atoms with van der Waals surface area (Å²) in [6, 6.07) is 0. The second-order valence-corrected chi connectivity index (χ2v) is 7.65. The van der Waals surface area contributed by atoms with Crippen molar-refractivity contribution in [2.45, 2.75) is 71.0 Å². The van der Waals surface area contributed by atoms with Crippen molar-refractivity contribution in [1.82, 2.24) is 0 Å². The van der Waals surface area contributed by atoms with Gasteiger partial charge in [-0.3, -0.25) is 9.59 Å². The van der Waals surface area contributed by atoms with E-state index in [9.17, 15) is 9.59 Å². The summed E-state index contributed by atoms with van der Waals surface area (Å²) in [4.78, 5) is 24.3. The van der Waals surface area contributed by atoms with E-state index in [1.165, 1.54) is 0 Å². The maximum Gasteiger partial charge on any atom is 0.324 e. The predicted molar refractivity (Wildman–Crippen MR) is 87.5 cm³/mol. The standard InChI is InChI=1S/C16H29BrO4/c1-6-8-10-20-13(18)12-16(17,15(3,4)5)14(19)21-11-9-7-2/h6-12H2,1-5H3. The van der Waals surface area contributed by atoms with Crippen LogP contribution in [0.4, 0.5) is 0 Å². The molecule has 5 heteroatoms. The zero-order chi connectivity index (χ0) is 16.5. The molecule has 0 radical (unpaired) electrons. The highest BCUT2D eigenvalue weighted by Gasteiger charge is 2.49. The first kappa shape index (κ1) is 20.4. The first-order valence-corrected chi connectivity index (χ1v) is 8.50. The molecule has 0 aliphatic rings. The molecule has 0 fully saturated rings. The molecule has 0 amide bonds. The minimum Gasteiger partial charge on any atom is -0.466 e. The molecule has 0 spiro atoms. The van der Waals surface area contributed by atoms with Crippen LogP contribution in [0, 0.1) is 5.41 Å². The number of carbonyl (C=O) groups is 2. The van der Waals surface area contributed by atoms with E-state index >= 15 is 0 Å². The highest BCUT2D eigenvalue weighted by atomic mass is 79.9. The molecule has 0 heterocycles. The number of esters is 2. The van der Waals surface area contributed by atoms with Crippen LogP contribution in [-0.2, 0) is 19.1 Å². The summed E-state index contributed by atoms with van der Waals surface area (Å²) in [7, 11) is 0. The van der Waals surface area contributed by atoms with Gasteiger partial charge >= 0.3 is 11.9 Å². The fourth-order valence-electron chi connectivity index (χ4n) is 1.65. The van der Waals surface area contributed by atoms with Gasteiger partial charge in [0.25, 0.3) is 0 Å². The number of hydrogen-bond donors (Lipinski definition) is 0. The maximum absolute atomic E-state index is 12.4. The van der Waals surface area contributed by atoms with Gasteiger partial charge in [0.2, 0.25) is 0 Å². The smallest absolute Gasteiger partial charge is 0.324 e. The van der Waals surface area contributed by atoms with Crippen LogP contribution in [0.1, 0.15) is 66.7 Å². The quantitative estimate of drug-likeness (QED) is 0.348. The van der Waals surface area contributed by atoms with Gasteiger partial charge in [-0.05, 0) is 18.3 Å². The van der Waals surface area contributed by atoms with Crippen LogP contribution in [0.3, 0.4) is 0 Å². The van der Waals surface area contributed by atoms with Crippen LogP contribution in [0.25, 0.3) is 0 Å². The van der Waals surface area contributed by atoms with E-state index in [1.807, 2.05) is 34.6 Å². The SMILES string of the molecule is CCCCOC(=O)CC(Br)(C(=O)OCCCC)C(C)(C)C. The molecule has 0 aliphatic heterocycles. The Bertz CT molecular complexity index is 336. The molecular formula is C16H29BrO4. The number of rotatable bonds is 9. The summed E-state index contributed by atoms with van der Waals surface area (Å²) in [5.41, 5.74) is -0.458. The van der Waals surface area contributed by atoms with Crippen molar-refractivity contribution in [2.75, 3.05) is 13.2 Å². The molecule has 0 aromatic carbocycles. The van der Waals surface area contributed by atoms with Gasteiger partial charge in [0.1, 0.15) is 4.32 Å². The van der Waals surface area contributed by atoms with Crippen LogP contribution in [0.5, 0.6) is 0 Å². The monoisotopic (exact) mass is 364 g/mol. The second-order valence-electron chi connectivity index (χ2n) is 6.29. The maximum atomic E-state index is 12.4. The van der Waals surface area contributed by atoms with E-state index in [-0.39, 0.29) is 12.4 Å². The fourth-order valence-corrected chi connectivity index (χ4v) is 1.99. The fraction of sp³-hybridized carbons (Fsp3) is 0.875. The number of hydrogen-bond acceptors (Lipinski definition) is 4. The third-order valence-electron chi connectivity index (χ3n) is 3.39. The first-order valence-electron chi connectivity index (χ1n) is 7.70. The number of ether oxygens (including phenoxy) is 2. The lowest BCUT2D eigenvalue weighted by atomic mass is 9.78. The summed E-state index contributed by atoms with van der Waals surface area (Å²) in [6.45, 7) is 10.6. The van der Waals surface area contributed by atoms with Crippen LogP contribution in [0.15, 0.2) is 0 Å². The van der Waals surface area contributed by atoms with Crippen LogP contribution < -0.4 is 0 Å². The summed E-state index contributed by atoms with van der Waals surface area (Å²) >= 11 is 3.46. The van der Waals surface area contributed by atoms with Gasteiger partial charge in [0.05, 0.1) is 19.6 Å². The van der Waals surface area contributed by atoms with E-state index in [4.69, 9.17) is 9.47 Å². The molecule has 124 valence electrons. The van der Waals surface area contributed by atoms with Crippen LogP contribution in [0.2, 0.25) is 0 Å². The molecule has 1 unspecified atom stereocenters. The zero-order valence-corrected chi connectivity index (χ0v) is 15.5. The highest BCUT2D eigenvalue weighted by Crippen LogP contribution is 2.42. The summed E-state index contributed by atoms with van der Waals surface area (Å²) < 4.78 is 9.42. The van der Waals surface area contributed by atoms with Gasteiger partial charge in [0, 0.05) is 0 Å². The number of carbonyl (C=O) groups excluding carboxylic acids is 2. The summed E-state index contributed by atoms with van der Waals surface area (Å²) in [5.74, 6) is -0.765. The normalized spacial score (nSPS) is 14.4. The first-order chi connectivity index (χ1) is 9.69. The highest BCUT2D eigenvalue weighted by molar-refractivity contribution is 9.10. The molecule has 0 saturated carbocycles. The molecule has 0 N–H and O–H groups in total. The molecule has 21 heavy (non-hydrogen) atoms. The summed E-state index contributed by atoms with van der Waals surface area (Å²) in [5, 5.41) is 0. The molecule has 1 atom stereocenters. The van der Waals surface area contributed by atoms with Gasteiger partial charge < -0.3 is 9.47 Å². The lowest BCUT2D eigenvalue weighted by Crippen LogP contribution is -2.47. The second kappa shape index (κ2) is 9.44. The van der Waals surface area contributed by atoms with Crippen molar-refractivity contribution in [3.05, 3.63) is 0 Å². The number of unbranched alkanes of at least 4 members (excludes halogenated alkanes) is 2. The average molecular weight is 365 g/mol. The molecule has 0 saturated heterocycles. The molecule has 0 aromatic heterocycles. The van der Waals surface area contributed by atoms with Crippen molar-refractivity contribution >= 4 is 27.9 Å². The van der Waals surface area contributed by atoms with Crippen molar-refractivity contribution in [3.8, 4) is 0 Å². The lowest BCUT2D eigenvalue weighted by molar-refractivity contribution is -0.156. The van der Waals surface area contributed by atoms with Crippen LogP contribution >= 0.6 is 15.9 Å². The van der Waals surface area contributed by atoms with Crippen molar-refractivity contribution in [1.29, 1.82) is 0 Å². The van der Waals surface area contributed by atoms with E-state index < -0.39 is 15.7 Å². The van der Waals surface area contributed by atoms with Gasteiger partial charge in [-0.25, -0.2) is 0 Å². The predicted octanol–water partition coefficient (Wildman–Crippen LogP) is 4.24. The summed E-state index contributed by atoms with van der Waals surface area (Å²) in [6.07, 6.45) is 3.55. The van der Waals surface area contributed by atoms with Gasteiger partial charge in [-0.2, -0.15) is 0 Å². The Balaban J connectivity index is 4.77. The van der Waals surface area contributed by atoms with Gasteiger partial charge in [-0.1, -0.05) is 63.4 Å². The zero-order valence-electron chi connectivity index (χ0n) is 14.0. The van der Waals surface area contributed by atoms with E-state index in [1.54, 1.807) is 0 Å². The largest absolute Gasteiger partial charge is 0.466 e. The van der Waals surface area contributed by atoms with Crippen LogP contribution in [-0.4, -0.2) is 29.5 Å². The van der Waals surface area contributed by atoms with E-state index in [0.717, 1.165) is 25.7 Å². The minimum atomic E-state index is -1.06. The van der Waals surface area contributed by atoms with Crippen molar-refractivity contribution in [2.24, 2.45) is 5.41 Å². The topological polar surface area (TPSA) is 52.6 Å². The molecule has 0 bridgehead atoms. The van der Waals surface area contributed by atoms with Gasteiger partial charge in [0.15, 0.2) is 0 Å². The molecule has 4 nitrogen and oxygen atoms in total. The third kappa shape index (κ3) is 6.81. The molecular weight excluding hydrogens is 336 g/mol. The molecule has 0 aromatic rings. The Labute approximate surface area is 137 Å². The minimum absolute atomic E-state index is 0.0226. The Morgan fingerprint density at radius 3 is 1.86 bits per heavy atom. The number of halogens is 1. The Kier molecular flexibility index (Phi) is 9.18. The van der Waals surface area contributed by atoms with Crippen molar-refractivity contribution < 1.29 is 19.1 Å². The van der Waals surface area contributed by atoms with E-state index in [2.05, 4.69) is 15.9 Å². The Morgan fingerprint density at radius 1 is 0.952 bits per heavy atom. The average Bonchev–Trinajstić information content (AvgIpc) is 2.37. The number of alkyl halides is 1. The van der Waals surface area contributed by atoms with E-state index in [0.29, 0.717) is 13.2 Å². The Morgan fingerprint density at radius 2 is 1.43 bits per heavy atom. The Hall–Kier alpha value is -0.580.